The van der Waals surface area contributed by atoms with E-state index in [0.717, 1.165) is 0 Å². The fourth-order valence-corrected chi connectivity index (χ4v) is 3.70. The van der Waals surface area contributed by atoms with Crippen molar-refractivity contribution in [2.75, 3.05) is 11.9 Å². The zero-order valence-corrected chi connectivity index (χ0v) is 13.3. The van der Waals surface area contributed by atoms with Gasteiger partial charge in [-0.1, -0.05) is 25.1 Å². The predicted octanol–water partition coefficient (Wildman–Crippen LogP) is 1.68. The summed E-state index contributed by atoms with van der Waals surface area (Å²) in [7, 11) is -2.99. The van der Waals surface area contributed by atoms with Crippen molar-refractivity contribution < 1.29 is 13.2 Å². The molecular weight excluding hydrogens is 324 g/mol. The molecule has 0 aliphatic rings. The van der Waals surface area contributed by atoms with Gasteiger partial charge in [0.15, 0.2) is 0 Å². The fraction of sp³-hybridized carbons (Fsp3) is 0.154. The van der Waals surface area contributed by atoms with Crippen LogP contribution in [-0.2, 0) is 9.06 Å². The summed E-state index contributed by atoms with van der Waals surface area (Å²) in [5.74, 6) is -0.287. The zero-order valence-electron chi connectivity index (χ0n) is 11.7. The summed E-state index contributed by atoms with van der Waals surface area (Å²) < 4.78 is 25.4. The summed E-state index contributed by atoms with van der Waals surface area (Å²) in [5.41, 5.74) is 0.898. The number of rotatable bonds is 6. The number of aromatic nitrogens is 2. The van der Waals surface area contributed by atoms with Crippen LogP contribution < -0.4 is 10.0 Å². The number of hydrogen-bond donors (Lipinski definition) is 2. The second-order valence-corrected chi connectivity index (χ2v) is 7.66. The van der Waals surface area contributed by atoms with Crippen LogP contribution in [-0.4, -0.2) is 30.8 Å². The molecule has 2 rings (SSSR count). The Morgan fingerprint density at radius 2 is 1.82 bits per heavy atom. The van der Waals surface area contributed by atoms with E-state index in [1.54, 1.807) is 31.2 Å². The second kappa shape index (κ2) is 7.34. The Labute approximate surface area is 132 Å². The Balaban J connectivity index is 2.02. The number of nitrogens with zero attached hydrogens (tertiary/aromatic N) is 2. The number of benzene rings is 1. The third-order valence-corrected chi connectivity index (χ3v) is 5.11. The molecule has 1 aromatic heterocycles. The molecule has 0 saturated carbocycles. The van der Waals surface area contributed by atoms with Gasteiger partial charge in [-0.15, -0.1) is 0 Å². The maximum absolute atomic E-state index is 11.9. The van der Waals surface area contributed by atoms with Crippen molar-refractivity contribution in [1.82, 2.24) is 14.7 Å². The van der Waals surface area contributed by atoms with E-state index < -0.39 is 9.06 Å². The van der Waals surface area contributed by atoms with Gasteiger partial charge in [-0.25, -0.2) is 23.1 Å². The molecule has 1 amide bonds. The quantitative estimate of drug-likeness (QED) is 0.614. The van der Waals surface area contributed by atoms with Gasteiger partial charge in [-0.2, -0.15) is 0 Å². The molecule has 22 heavy (non-hydrogen) atoms. The van der Waals surface area contributed by atoms with Crippen LogP contribution in [0.5, 0.6) is 0 Å². The highest BCUT2D eigenvalue weighted by atomic mass is 33.1. The van der Waals surface area contributed by atoms with E-state index in [4.69, 9.17) is 0 Å². The number of nitrogens with one attached hydrogen (secondary N) is 2. The number of carbonyl (C=O) groups is 1. The van der Waals surface area contributed by atoms with Crippen LogP contribution in [0.4, 0.5) is 5.69 Å². The highest BCUT2D eigenvalue weighted by Crippen LogP contribution is 2.19. The van der Waals surface area contributed by atoms with E-state index >= 15 is 0 Å². The van der Waals surface area contributed by atoms with Crippen LogP contribution in [0.15, 0.2) is 47.9 Å². The molecule has 0 spiro atoms. The molecule has 0 saturated heterocycles. The largest absolute Gasteiger partial charge is 0.319 e. The molecule has 0 bridgehead atoms. The standard InChI is InChI=1S/C13H14N4O3S2/c1-2-16-22(19,20)21-13-14-8-11(9-15-13)17-12(18)10-6-4-3-5-7-10/h3-9,16H,2H2,1H3,(H,17,18). The molecule has 0 radical (unpaired) electrons. The van der Waals surface area contributed by atoms with Gasteiger partial charge >= 0.3 is 0 Å². The lowest BCUT2D eigenvalue weighted by atomic mass is 10.2. The molecule has 0 fully saturated rings. The molecule has 1 heterocycles. The van der Waals surface area contributed by atoms with Gasteiger partial charge in [0.05, 0.1) is 28.9 Å². The average Bonchev–Trinajstić information content (AvgIpc) is 2.49. The molecule has 116 valence electrons. The predicted molar refractivity (Wildman–Crippen MR) is 84.9 cm³/mol. The number of carbonyl (C=O) groups excluding carboxylic acids is 1. The molecule has 0 unspecified atom stereocenters. The van der Waals surface area contributed by atoms with Crippen LogP contribution in [0.25, 0.3) is 0 Å². The SMILES string of the molecule is CCNS(=O)(=O)Sc1ncc(NC(=O)c2ccccc2)cn1. The van der Waals surface area contributed by atoms with Crippen LogP contribution in [0.2, 0.25) is 0 Å². The Hall–Kier alpha value is -1.97. The summed E-state index contributed by atoms with van der Waals surface area (Å²) >= 11 is 0. The molecule has 2 aromatic rings. The van der Waals surface area contributed by atoms with E-state index in [1.807, 2.05) is 6.07 Å². The molecule has 0 atom stereocenters. The van der Waals surface area contributed by atoms with Crippen molar-refractivity contribution in [3.8, 4) is 0 Å². The lowest BCUT2D eigenvalue weighted by Gasteiger charge is -2.05. The molecule has 0 aliphatic heterocycles. The van der Waals surface area contributed by atoms with Gasteiger partial charge in [0.2, 0.25) is 5.16 Å². The summed E-state index contributed by atoms with van der Waals surface area (Å²) in [6.45, 7) is 1.97. The van der Waals surface area contributed by atoms with Crippen molar-refractivity contribution in [1.29, 1.82) is 0 Å². The van der Waals surface area contributed by atoms with Gasteiger partial charge in [0, 0.05) is 12.1 Å². The lowest BCUT2D eigenvalue weighted by Crippen LogP contribution is -2.19. The van der Waals surface area contributed by atoms with Crippen molar-refractivity contribution in [3.05, 3.63) is 48.3 Å². The van der Waals surface area contributed by atoms with Crippen LogP contribution in [0.1, 0.15) is 17.3 Å². The van der Waals surface area contributed by atoms with Gasteiger partial charge in [-0.3, -0.25) is 4.79 Å². The topological polar surface area (TPSA) is 101 Å². The highest BCUT2D eigenvalue weighted by molar-refractivity contribution is 8.71. The third-order valence-electron chi connectivity index (χ3n) is 2.43. The van der Waals surface area contributed by atoms with Crippen molar-refractivity contribution in [3.63, 3.8) is 0 Å². The van der Waals surface area contributed by atoms with Gasteiger partial charge < -0.3 is 5.32 Å². The first-order valence-corrected chi connectivity index (χ1v) is 9.19. The Morgan fingerprint density at radius 1 is 1.18 bits per heavy atom. The lowest BCUT2D eigenvalue weighted by molar-refractivity contribution is 0.102. The molecule has 0 aliphatic carbocycles. The Bertz CT molecular complexity index is 734. The molecule has 7 nitrogen and oxygen atoms in total. The monoisotopic (exact) mass is 338 g/mol. The summed E-state index contributed by atoms with van der Waals surface area (Å²) in [6, 6.07) is 8.71. The highest BCUT2D eigenvalue weighted by Gasteiger charge is 2.13. The third kappa shape index (κ3) is 4.79. The molecule has 2 N–H and O–H groups in total. The fourth-order valence-electron chi connectivity index (χ4n) is 1.52. The zero-order chi connectivity index (χ0) is 16.0. The minimum absolute atomic E-state index is 0.0821. The number of amides is 1. The van der Waals surface area contributed by atoms with E-state index in [0.29, 0.717) is 28.6 Å². The van der Waals surface area contributed by atoms with E-state index in [9.17, 15) is 13.2 Å². The molecular formula is C13H14N4O3S2. The van der Waals surface area contributed by atoms with Gasteiger partial charge in [-0.05, 0) is 12.1 Å². The maximum Gasteiger partial charge on any atom is 0.272 e. The Kier molecular flexibility index (Phi) is 5.47. The number of anilines is 1. The first kappa shape index (κ1) is 16.4. The van der Waals surface area contributed by atoms with Crippen molar-refractivity contribution in [2.24, 2.45) is 0 Å². The first-order valence-electron chi connectivity index (χ1n) is 6.37. The van der Waals surface area contributed by atoms with Crippen LogP contribution >= 0.6 is 10.8 Å². The first-order chi connectivity index (χ1) is 10.5. The maximum atomic E-state index is 11.9. The van der Waals surface area contributed by atoms with Crippen LogP contribution in [0.3, 0.4) is 0 Å². The smallest absolute Gasteiger partial charge is 0.272 e. The Morgan fingerprint density at radius 3 is 2.41 bits per heavy atom. The molecule has 1 aromatic carbocycles. The summed E-state index contributed by atoms with van der Waals surface area (Å²) in [5, 5.41) is 2.72. The van der Waals surface area contributed by atoms with Gasteiger partial charge in [0.25, 0.3) is 15.0 Å². The van der Waals surface area contributed by atoms with Gasteiger partial charge in [0.1, 0.15) is 0 Å². The second-order valence-electron chi connectivity index (χ2n) is 4.11. The minimum atomic E-state index is -3.51. The normalized spacial score (nSPS) is 11.1. The summed E-state index contributed by atoms with van der Waals surface area (Å²) in [6.07, 6.45) is 2.72. The minimum Gasteiger partial charge on any atom is -0.319 e. The van der Waals surface area contributed by atoms with E-state index in [-0.39, 0.29) is 11.1 Å². The average molecular weight is 338 g/mol. The summed E-state index contributed by atoms with van der Waals surface area (Å²) in [4.78, 5) is 19.8. The van der Waals surface area contributed by atoms with Crippen molar-refractivity contribution in [2.45, 2.75) is 12.1 Å². The van der Waals surface area contributed by atoms with Crippen LogP contribution in [0, 0.1) is 0 Å². The molecule has 9 heteroatoms. The number of hydrogen-bond acceptors (Lipinski definition) is 6. The van der Waals surface area contributed by atoms with Crippen molar-refractivity contribution >= 4 is 31.4 Å². The van der Waals surface area contributed by atoms with E-state index in [1.165, 1.54) is 12.4 Å². The van der Waals surface area contributed by atoms with E-state index in [2.05, 4.69) is 20.0 Å².